The first kappa shape index (κ1) is 15.3. The van der Waals surface area contributed by atoms with Crippen molar-refractivity contribution in [1.82, 2.24) is 0 Å². The van der Waals surface area contributed by atoms with Crippen LogP contribution in [-0.2, 0) is 16.3 Å². The van der Waals surface area contributed by atoms with E-state index in [0.717, 1.165) is 17.5 Å². The quantitative estimate of drug-likeness (QED) is 0.944. The highest BCUT2D eigenvalue weighted by Crippen LogP contribution is 2.47. The van der Waals surface area contributed by atoms with Crippen molar-refractivity contribution in [2.24, 2.45) is 5.73 Å². The van der Waals surface area contributed by atoms with Gasteiger partial charge in [-0.15, -0.1) is 0 Å². The van der Waals surface area contributed by atoms with Gasteiger partial charge in [-0.25, -0.2) is 8.42 Å². The maximum atomic E-state index is 12.7. The predicted octanol–water partition coefficient (Wildman–Crippen LogP) is 2.82. The number of benzene rings is 2. The van der Waals surface area contributed by atoms with E-state index in [4.69, 9.17) is 5.73 Å². The maximum absolute atomic E-state index is 12.7. The molecular weight excluding hydrogens is 294 g/mol. The Bertz CT molecular complexity index is 764. The van der Waals surface area contributed by atoms with Crippen LogP contribution in [0.15, 0.2) is 53.4 Å². The van der Waals surface area contributed by atoms with Crippen LogP contribution in [0.1, 0.15) is 29.5 Å². The molecule has 2 aromatic rings. The molecule has 3 atom stereocenters. The van der Waals surface area contributed by atoms with Crippen LogP contribution >= 0.6 is 0 Å². The number of nitrogens with two attached hydrogens (primary N) is 1. The molecule has 1 saturated carbocycles. The van der Waals surface area contributed by atoms with E-state index in [9.17, 15) is 8.42 Å². The van der Waals surface area contributed by atoms with Crippen LogP contribution in [-0.4, -0.2) is 19.7 Å². The molecule has 1 fully saturated rings. The van der Waals surface area contributed by atoms with Crippen LogP contribution in [0.2, 0.25) is 0 Å². The molecular formula is C18H21NO2S. The molecule has 0 unspecified atom stereocenters. The normalized spacial score (nSPS) is 24.2. The number of sulfone groups is 1. The van der Waals surface area contributed by atoms with E-state index in [0.29, 0.717) is 4.90 Å². The lowest BCUT2D eigenvalue weighted by Gasteiger charge is -2.05. The largest absolute Gasteiger partial charge is 0.326 e. The molecule has 0 amide bonds. The summed E-state index contributed by atoms with van der Waals surface area (Å²) in [6.45, 7) is 4.04. The third-order valence-corrected chi connectivity index (χ3v) is 6.74. The molecule has 0 heterocycles. The maximum Gasteiger partial charge on any atom is 0.183 e. The Balaban J connectivity index is 1.87. The van der Waals surface area contributed by atoms with Crippen LogP contribution in [0, 0.1) is 6.92 Å². The van der Waals surface area contributed by atoms with Crippen molar-refractivity contribution in [3.05, 3.63) is 65.2 Å². The summed E-state index contributed by atoms with van der Waals surface area (Å²) in [5.41, 5.74) is 9.40. The minimum atomic E-state index is -3.37. The number of aryl methyl sites for hydroxylation is 2. The Kier molecular flexibility index (Phi) is 3.83. The fraction of sp³-hybridized carbons (Fsp3) is 0.333. The molecule has 2 N–H and O–H groups in total. The van der Waals surface area contributed by atoms with Crippen molar-refractivity contribution >= 4 is 9.84 Å². The van der Waals surface area contributed by atoms with Gasteiger partial charge in [-0.2, -0.15) is 0 Å². The zero-order valence-electron chi connectivity index (χ0n) is 12.9. The second-order valence-corrected chi connectivity index (χ2v) is 8.13. The van der Waals surface area contributed by atoms with Crippen LogP contribution in [0.5, 0.6) is 0 Å². The van der Waals surface area contributed by atoms with Gasteiger partial charge in [-0.1, -0.05) is 48.9 Å². The monoisotopic (exact) mass is 315 g/mol. The molecule has 3 nitrogen and oxygen atoms in total. The Hall–Kier alpha value is -1.65. The van der Waals surface area contributed by atoms with E-state index < -0.39 is 15.1 Å². The summed E-state index contributed by atoms with van der Waals surface area (Å²) in [4.78, 5) is 0.367. The van der Waals surface area contributed by atoms with Gasteiger partial charge in [-0.05, 0) is 36.6 Å². The summed E-state index contributed by atoms with van der Waals surface area (Å²) in [7, 11) is -3.37. The second kappa shape index (κ2) is 5.52. The molecule has 0 radical (unpaired) electrons. The number of rotatable bonds is 4. The smallest absolute Gasteiger partial charge is 0.183 e. The fourth-order valence-electron chi connectivity index (χ4n) is 2.98. The van der Waals surface area contributed by atoms with Crippen molar-refractivity contribution in [2.45, 2.75) is 42.4 Å². The highest BCUT2D eigenvalue weighted by atomic mass is 32.2. The molecule has 0 spiro atoms. The molecule has 3 rings (SSSR count). The van der Waals surface area contributed by atoms with Crippen molar-refractivity contribution in [1.29, 1.82) is 0 Å². The SMILES string of the molecule is CCc1ccc([C@H]2[C@H](N)[C@@H]2S(=O)(=O)c2ccc(C)cc2)cc1. The zero-order chi connectivity index (χ0) is 15.9. The summed E-state index contributed by atoms with van der Waals surface area (Å²) >= 11 is 0. The van der Waals surface area contributed by atoms with Crippen molar-refractivity contribution < 1.29 is 8.42 Å². The van der Waals surface area contributed by atoms with Crippen LogP contribution in [0.4, 0.5) is 0 Å². The van der Waals surface area contributed by atoms with Gasteiger partial charge < -0.3 is 5.73 Å². The summed E-state index contributed by atoms with van der Waals surface area (Å²) in [5, 5.41) is -0.511. The van der Waals surface area contributed by atoms with Crippen molar-refractivity contribution in [3.8, 4) is 0 Å². The molecule has 1 aliphatic rings. The van der Waals surface area contributed by atoms with Gasteiger partial charge in [0, 0.05) is 12.0 Å². The van der Waals surface area contributed by atoms with Gasteiger partial charge in [0.2, 0.25) is 0 Å². The van der Waals surface area contributed by atoms with E-state index >= 15 is 0 Å². The molecule has 4 heteroatoms. The van der Waals surface area contributed by atoms with Gasteiger partial charge in [0.25, 0.3) is 0 Å². The highest BCUT2D eigenvalue weighted by Gasteiger charge is 2.57. The lowest BCUT2D eigenvalue weighted by atomic mass is 10.1. The molecule has 0 aromatic heterocycles. The average molecular weight is 315 g/mol. The van der Waals surface area contributed by atoms with Gasteiger partial charge in [0.15, 0.2) is 9.84 Å². The van der Waals surface area contributed by atoms with Gasteiger partial charge in [0.05, 0.1) is 10.1 Å². The predicted molar refractivity (Wildman–Crippen MR) is 88.7 cm³/mol. The fourth-order valence-corrected chi connectivity index (χ4v) is 5.02. The van der Waals surface area contributed by atoms with Crippen LogP contribution < -0.4 is 5.73 Å². The Morgan fingerprint density at radius 2 is 1.59 bits per heavy atom. The molecule has 0 aliphatic heterocycles. The van der Waals surface area contributed by atoms with Crippen LogP contribution in [0.25, 0.3) is 0 Å². The lowest BCUT2D eigenvalue weighted by molar-refractivity contribution is 0.593. The van der Waals surface area contributed by atoms with E-state index in [1.807, 2.05) is 31.2 Å². The topological polar surface area (TPSA) is 60.2 Å². The number of hydrogen-bond donors (Lipinski definition) is 1. The summed E-state index contributed by atoms with van der Waals surface area (Å²) < 4.78 is 25.5. The lowest BCUT2D eigenvalue weighted by Crippen LogP contribution is -2.15. The molecule has 1 aliphatic carbocycles. The van der Waals surface area contributed by atoms with Crippen molar-refractivity contribution in [2.75, 3.05) is 0 Å². The third kappa shape index (κ3) is 2.57. The molecule has 0 bridgehead atoms. The minimum Gasteiger partial charge on any atom is -0.326 e. The average Bonchev–Trinajstić information content (AvgIpc) is 3.20. The molecule has 22 heavy (non-hydrogen) atoms. The van der Waals surface area contributed by atoms with E-state index in [-0.39, 0.29) is 12.0 Å². The second-order valence-electron chi connectivity index (χ2n) is 6.02. The first-order chi connectivity index (χ1) is 10.4. The van der Waals surface area contributed by atoms with E-state index in [2.05, 4.69) is 19.1 Å². The van der Waals surface area contributed by atoms with E-state index in [1.54, 1.807) is 12.1 Å². The van der Waals surface area contributed by atoms with Gasteiger partial charge >= 0.3 is 0 Å². The van der Waals surface area contributed by atoms with E-state index in [1.165, 1.54) is 5.56 Å². The Morgan fingerprint density at radius 1 is 1.00 bits per heavy atom. The summed E-state index contributed by atoms with van der Waals surface area (Å²) in [5.74, 6) is -0.0998. The van der Waals surface area contributed by atoms with Gasteiger partial charge in [-0.3, -0.25) is 0 Å². The van der Waals surface area contributed by atoms with Crippen molar-refractivity contribution in [3.63, 3.8) is 0 Å². The summed E-state index contributed by atoms with van der Waals surface area (Å²) in [6, 6.07) is 14.8. The first-order valence-electron chi connectivity index (χ1n) is 7.60. The Morgan fingerprint density at radius 3 is 2.14 bits per heavy atom. The molecule has 2 aromatic carbocycles. The van der Waals surface area contributed by atoms with Gasteiger partial charge in [0.1, 0.15) is 0 Å². The molecule has 0 saturated heterocycles. The van der Waals surface area contributed by atoms with Crippen LogP contribution in [0.3, 0.4) is 0 Å². The zero-order valence-corrected chi connectivity index (χ0v) is 13.7. The third-order valence-electron chi connectivity index (χ3n) is 4.49. The highest BCUT2D eigenvalue weighted by molar-refractivity contribution is 7.92. The standard InChI is InChI=1S/C18H21NO2S/c1-3-13-6-8-14(9-7-13)16-17(19)18(16)22(20,21)15-10-4-12(2)5-11-15/h4-11,16-18H,3,19H2,1-2H3/t16-,17-,18+/m0/s1. The molecule has 116 valence electrons. The Labute approximate surface area is 132 Å². The summed E-state index contributed by atoms with van der Waals surface area (Å²) in [6.07, 6.45) is 0.974. The number of hydrogen-bond acceptors (Lipinski definition) is 3. The minimum absolute atomic E-state index is 0.0998. The first-order valence-corrected chi connectivity index (χ1v) is 9.14.